The van der Waals surface area contributed by atoms with Crippen LogP contribution in [0.1, 0.15) is 91.6 Å². The first-order valence-corrected chi connectivity index (χ1v) is 10.5. The van der Waals surface area contributed by atoms with E-state index in [0.29, 0.717) is 5.56 Å². The Hall–Kier alpha value is -2.09. The van der Waals surface area contributed by atoms with Crippen LogP contribution in [0.2, 0.25) is 0 Å². The van der Waals surface area contributed by atoms with Crippen LogP contribution >= 0.6 is 0 Å². The molecule has 1 N–H and O–H groups in total. The molecule has 0 spiro atoms. The van der Waals surface area contributed by atoms with E-state index in [9.17, 15) is 4.79 Å². The third-order valence-electron chi connectivity index (χ3n) is 7.37. The van der Waals surface area contributed by atoms with Crippen LogP contribution < -0.4 is 0 Å². The van der Waals surface area contributed by atoms with Gasteiger partial charge in [0.2, 0.25) is 0 Å². The fourth-order valence-corrected chi connectivity index (χ4v) is 5.14. The van der Waals surface area contributed by atoms with Crippen LogP contribution in [0.3, 0.4) is 0 Å². The van der Waals surface area contributed by atoms with Gasteiger partial charge in [-0.3, -0.25) is 0 Å². The van der Waals surface area contributed by atoms with Crippen LogP contribution in [0.5, 0.6) is 0 Å². The van der Waals surface area contributed by atoms with Gasteiger partial charge in [0.1, 0.15) is 0 Å². The fourth-order valence-electron chi connectivity index (χ4n) is 5.14. The highest BCUT2D eigenvalue weighted by molar-refractivity contribution is 5.87. The van der Waals surface area contributed by atoms with Gasteiger partial charge in [-0.1, -0.05) is 52.0 Å². The number of carbonyl (C=O) groups is 1. The highest BCUT2D eigenvalue weighted by Crippen LogP contribution is 2.54. The molecule has 2 heteroatoms. The quantitative estimate of drug-likeness (QED) is 0.678. The smallest absolute Gasteiger partial charge is 0.335 e. The predicted molar refractivity (Wildman–Crippen MR) is 114 cm³/mol. The van der Waals surface area contributed by atoms with Crippen LogP contribution in [0.4, 0.5) is 0 Å². The molecular formula is C26H32O2. The molecule has 0 heterocycles. The van der Waals surface area contributed by atoms with Gasteiger partial charge in [0, 0.05) is 0 Å². The molecular weight excluding hydrogens is 344 g/mol. The number of carboxylic acid groups (broad SMARTS) is 1. The summed E-state index contributed by atoms with van der Waals surface area (Å²) in [6.07, 6.45) is 5.91. The normalized spacial score (nSPS) is 21.0. The van der Waals surface area contributed by atoms with Crippen molar-refractivity contribution in [1.29, 1.82) is 0 Å². The Kier molecular flexibility index (Phi) is 4.26. The molecule has 0 radical (unpaired) electrons. The van der Waals surface area contributed by atoms with Crippen molar-refractivity contribution in [2.45, 2.75) is 83.0 Å². The summed E-state index contributed by atoms with van der Waals surface area (Å²) in [6.45, 7) is 11.8. The lowest BCUT2D eigenvalue weighted by atomic mass is 9.62. The second-order valence-corrected chi connectivity index (χ2v) is 10.4. The van der Waals surface area contributed by atoms with E-state index in [2.05, 4.69) is 46.8 Å². The Bertz CT molecular complexity index is 928. The van der Waals surface area contributed by atoms with Crippen molar-refractivity contribution in [1.82, 2.24) is 0 Å². The molecule has 0 aliphatic heterocycles. The zero-order valence-electron chi connectivity index (χ0n) is 17.9. The summed E-state index contributed by atoms with van der Waals surface area (Å²) in [6, 6.07) is 12.5. The number of carboxylic acids is 1. The first-order chi connectivity index (χ1) is 13.0. The van der Waals surface area contributed by atoms with Gasteiger partial charge in [-0.2, -0.15) is 0 Å². The molecule has 0 aromatic heterocycles. The molecule has 0 unspecified atom stereocenters. The maximum Gasteiger partial charge on any atom is 0.335 e. The molecule has 0 saturated heterocycles. The first kappa shape index (κ1) is 19.2. The van der Waals surface area contributed by atoms with Crippen molar-refractivity contribution in [2.75, 3.05) is 0 Å². The lowest BCUT2D eigenvalue weighted by molar-refractivity contribution is 0.0697. The molecule has 0 bridgehead atoms. The van der Waals surface area contributed by atoms with E-state index < -0.39 is 5.97 Å². The van der Waals surface area contributed by atoms with E-state index in [0.717, 1.165) is 6.42 Å². The number of fused-ring (bicyclic) bond motifs is 1. The number of benzene rings is 2. The molecule has 0 amide bonds. The molecule has 2 nitrogen and oxygen atoms in total. The van der Waals surface area contributed by atoms with Gasteiger partial charge in [-0.25, -0.2) is 4.79 Å². The molecule has 4 rings (SSSR count). The molecule has 0 atom stereocenters. The van der Waals surface area contributed by atoms with Crippen LogP contribution in [0, 0.1) is 6.92 Å². The van der Waals surface area contributed by atoms with Crippen molar-refractivity contribution in [3.05, 3.63) is 69.8 Å². The fraction of sp³-hybridized carbons (Fsp3) is 0.500. The van der Waals surface area contributed by atoms with E-state index in [-0.39, 0.29) is 16.2 Å². The van der Waals surface area contributed by atoms with Gasteiger partial charge in [0.25, 0.3) is 0 Å². The van der Waals surface area contributed by atoms with E-state index in [1.165, 1.54) is 53.5 Å². The zero-order chi connectivity index (χ0) is 20.3. The van der Waals surface area contributed by atoms with Crippen molar-refractivity contribution < 1.29 is 9.90 Å². The molecule has 148 valence electrons. The van der Waals surface area contributed by atoms with Crippen LogP contribution in [0.15, 0.2) is 36.4 Å². The SMILES string of the molecule is Cc1cc2c(cc1C1(Cc3ccc(C(=O)O)cc3)CC1)C(C)(C)CCC2(C)C. The van der Waals surface area contributed by atoms with Crippen molar-refractivity contribution in [2.24, 2.45) is 0 Å². The highest BCUT2D eigenvalue weighted by atomic mass is 16.4. The minimum absolute atomic E-state index is 0.224. The van der Waals surface area contributed by atoms with Gasteiger partial charge in [-0.15, -0.1) is 0 Å². The van der Waals surface area contributed by atoms with Gasteiger partial charge >= 0.3 is 5.97 Å². The third-order valence-corrected chi connectivity index (χ3v) is 7.37. The average Bonchev–Trinajstić information content (AvgIpc) is 3.39. The summed E-state index contributed by atoms with van der Waals surface area (Å²) < 4.78 is 0. The molecule has 1 fully saturated rings. The highest BCUT2D eigenvalue weighted by Gasteiger charge is 2.47. The minimum atomic E-state index is -0.858. The number of aryl methyl sites for hydroxylation is 1. The van der Waals surface area contributed by atoms with E-state index in [1.54, 1.807) is 12.1 Å². The Balaban J connectivity index is 1.72. The maximum atomic E-state index is 11.1. The van der Waals surface area contributed by atoms with Crippen molar-refractivity contribution >= 4 is 5.97 Å². The largest absolute Gasteiger partial charge is 0.478 e. The Morgan fingerprint density at radius 3 is 1.89 bits per heavy atom. The van der Waals surface area contributed by atoms with E-state index in [4.69, 9.17) is 5.11 Å². The van der Waals surface area contributed by atoms with Gasteiger partial charge in [0.05, 0.1) is 5.56 Å². The van der Waals surface area contributed by atoms with Crippen LogP contribution in [-0.2, 0) is 22.7 Å². The van der Waals surface area contributed by atoms with Gasteiger partial charge in [0.15, 0.2) is 0 Å². The Morgan fingerprint density at radius 1 is 0.857 bits per heavy atom. The number of rotatable bonds is 4. The second-order valence-electron chi connectivity index (χ2n) is 10.4. The van der Waals surface area contributed by atoms with Crippen molar-refractivity contribution in [3.63, 3.8) is 0 Å². The predicted octanol–water partition coefficient (Wildman–Crippen LogP) is 6.32. The number of aromatic carboxylic acids is 1. The summed E-state index contributed by atoms with van der Waals surface area (Å²) >= 11 is 0. The van der Waals surface area contributed by atoms with Gasteiger partial charge < -0.3 is 5.11 Å². The monoisotopic (exact) mass is 376 g/mol. The summed E-state index contributed by atoms with van der Waals surface area (Å²) in [5, 5.41) is 9.14. The summed E-state index contributed by atoms with van der Waals surface area (Å²) in [5.41, 5.74) is 8.31. The summed E-state index contributed by atoms with van der Waals surface area (Å²) in [5.74, 6) is -0.858. The average molecular weight is 377 g/mol. The number of hydrogen-bond acceptors (Lipinski definition) is 1. The van der Waals surface area contributed by atoms with Gasteiger partial charge in [-0.05, 0) is 95.2 Å². The van der Waals surface area contributed by atoms with E-state index in [1.807, 2.05) is 12.1 Å². The standard InChI is InChI=1S/C26H32O2/c1-17-14-21-22(25(4,5)11-10-24(21,2)3)15-20(17)26(12-13-26)16-18-6-8-19(9-7-18)23(27)28/h6-9,14-15H,10-13,16H2,1-5H3,(H,27,28). The molecule has 2 aliphatic rings. The Morgan fingerprint density at radius 2 is 1.39 bits per heavy atom. The zero-order valence-corrected chi connectivity index (χ0v) is 17.9. The van der Waals surface area contributed by atoms with Crippen molar-refractivity contribution in [3.8, 4) is 0 Å². The maximum absolute atomic E-state index is 11.1. The third kappa shape index (κ3) is 3.17. The minimum Gasteiger partial charge on any atom is -0.478 e. The Labute approximate surface area is 169 Å². The van der Waals surface area contributed by atoms with Crippen LogP contribution in [0.25, 0.3) is 0 Å². The molecule has 28 heavy (non-hydrogen) atoms. The lowest BCUT2D eigenvalue weighted by Gasteiger charge is -2.43. The lowest BCUT2D eigenvalue weighted by Crippen LogP contribution is -2.34. The summed E-state index contributed by atoms with van der Waals surface area (Å²) in [4.78, 5) is 11.1. The topological polar surface area (TPSA) is 37.3 Å². The summed E-state index contributed by atoms with van der Waals surface area (Å²) in [7, 11) is 0. The first-order valence-electron chi connectivity index (χ1n) is 10.5. The molecule has 2 aromatic rings. The van der Waals surface area contributed by atoms with Crippen LogP contribution in [-0.4, -0.2) is 11.1 Å². The van der Waals surface area contributed by atoms with E-state index >= 15 is 0 Å². The second kappa shape index (κ2) is 6.20. The molecule has 2 aromatic carbocycles. The molecule has 2 aliphatic carbocycles. The number of hydrogen-bond donors (Lipinski definition) is 1. The molecule has 1 saturated carbocycles.